The predicted molar refractivity (Wildman–Crippen MR) is 88.8 cm³/mol. The molecule has 22 heavy (non-hydrogen) atoms. The van der Waals surface area contributed by atoms with E-state index in [9.17, 15) is 4.79 Å². The Hall–Kier alpha value is -1.30. The number of rotatable bonds is 7. The van der Waals surface area contributed by atoms with Crippen LogP contribution in [0.15, 0.2) is 18.2 Å². The number of nitrogens with one attached hydrogen (secondary N) is 1. The third kappa shape index (κ3) is 5.16. The first kappa shape index (κ1) is 17.1. The zero-order valence-corrected chi connectivity index (χ0v) is 13.7. The maximum atomic E-state index is 11.7. The molecule has 1 N–H and O–H groups in total. The van der Waals surface area contributed by atoms with Gasteiger partial charge in [-0.05, 0) is 37.5 Å². The second-order valence-electron chi connectivity index (χ2n) is 5.31. The van der Waals surface area contributed by atoms with Gasteiger partial charge in [-0.15, -0.1) is 0 Å². The van der Waals surface area contributed by atoms with Gasteiger partial charge in [-0.25, -0.2) is 0 Å². The highest BCUT2D eigenvalue weighted by atomic mass is 35.5. The standard InChI is InChI=1S/C16H23ClN2O3/c1-21-9-10-22-12-16(20)18-13-5-6-15(14(17)11-13)19-7-3-2-4-8-19/h5-6,11H,2-4,7-10,12H2,1H3,(H,18,20). The van der Waals surface area contributed by atoms with Crippen LogP contribution in [0.3, 0.4) is 0 Å². The molecule has 1 saturated heterocycles. The first-order valence-corrected chi connectivity index (χ1v) is 7.99. The molecule has 0 atom stereocenters. The number of hydrogen-bond donors (Lipinski definition) is 1. The summed E-state index contributed by atoms with van der Waals surface area (Å²) in [6, 6.07) is 5.64. The van der Waals surface area contributed by atoms with E-state index in [1.54, 1.807) is 13.2 Å². The van der Waals surface area contributed by atoms with Crippen LogP contribution < -0.4 is 10.2 Å². The van der Waals surface area contributed by atoms with Crippen LogP contribution in [0.1, 0.15) is 19.3 Å². The number of methoxy groups -OCH3 is 1. The van der Waals surface area contributed by atoms with E-state index in [-0.39, 0.29) is 12.5 Å². The van der Waals surface area contributed by atoms with Crippen LogP contribution in [0.2, 0.25) is 5.02 Å². The molecule has 1 fully saturated rings. The SMILES string of the molecule is COCCOCC(=O)Nc1ccc(N2CCCCC2)c(Cl)c1. The van der Waals surface area contributed by atoms with Gasteiger partial charge in [0.1, 0.15) is 6.61 Å². The van der Waals surface area contributed by atoms with E-state index >= 15 is 0 Å². The lowest BCUT2D eigenvalue weighted by Crippen LogP contribution is -2.29. The number of carbonyl (C=O) groups is 1. The van der Waals surface area contributed by atoms with E-state index in [0.29, 0.717) is 23.9 Å². The van der Waals surface area contributed by atoms with Gasteiger partial charge in [-0.1, -0.05) is 11.6 Å². The van der Waals surface area contributed by atoms with Crippen LogP contribution in [-0.4, -0.2) is 45.9 Å². The first-order valence-electron chi connectivity index (χ1n) is 7.62. The minimum absolute atomic E-state index is 0.00879. The monoisotopic (exact) mass is 326 g/mol. The molecule has 0 aromatic heterocycles. The second kappa shape index (κ2) is 8.98. The van der Waals surface area contributed by atoms with Crippen molar-refractivity contribution in [2.45, 2.75) is 19.3 Å². The maximum absolute atomic E-state index is 11.7. The van der Waals surface area contributed by atoms with Crippen LogP contribution in [0.5, 0.6) is 0 Å². The van der Waals surface area contributed by atoms with Crippen LogP contribution in [0, 0.1) is 0 Å². The zero-order chi connectivity index (χ0) is 15.8. The molecule has 2 rings (SSSR count). The van der Waals surface area contributed by atoms with Crippen molar-refractivity contribution in [1.29, 1.82) is 0 Å². The number of ether oxygens (including phenoxy) is 2. The van der Waals surface area contributed by atoms with Crippen LogP contribution in [0.25, 0.3) is 0 Å². The minimum Gasteiger partial charge on any atom is -0.382 e. The summed E-state index contributed by atoms with van der Waals surface area (Å²) in [4.78, 5) is 14.0. The molecule has 0 saturated carbocycles. The van der Waals surface area contributed by atoms with E-state index in [2.05, 4.69) is 10.2 Å². The highest BCUT2D eigenvalue weighted by Gasteiger charge is 2.14. The van der Waals surface area contributed by atoms with Crippen molar-refractivity contribution in [3.63, 3.8) is 0 Å². The fraction of sp³-hybridized carbons (Fsp3) is 0.562. The van der Waals surface area contributed by atoms with Gasteiger partial charge in [0.25, 0.3) is 0 Å². The Morgan fingerprint density at radius 3 is 2.73 bits per heavy atom. The molecule has 0 spiro atoms. The molecule has 0 unspecified atom stereocenters. The molecule has 0 aliphatic carbocycles. The highest BCUT2D eigenvalue weighted by molar-refractivity contribution is 6.33. The molecule has 122 valence electrons. The summed E-state index contributed by atoms with van der Waals surface area (Å²) in [5.41, 5.74) is 1.72. The number of halogens is 1. The molecule has 0 bridgehead atoms. The third-order valence-corrected chi connectivity index (χ3v) is 3.90. The fourth-order valence-corrected chi connectivity index (χ4v) is 2.78. The molecule has 6 heteroatoms. The van der Waals surface area contributed by atoms with E-state index in [1.807, 2.05) is 12.1 Å². The number of benzene rings is 1. The Kier molecular flexibility index (Phi) is 6.96. The fourth-order valence-electron chi connectivity index (χ4n) is 2.48. The summed E-state index contributed by atoms with van der Waals surface area (Å²) in [6.45, 7) is 2.97. The minimum atomic E-state index is -0.196. The summed E-state index contributed by atoms with van der Waals surface area (Å²) in [7, 11) is 1.59. The summed E-state index contributed by atoms with van der Waals surface area (Å²) < 4.78 is 10.0. The van der Waals surface area contributed by atoms with Gasteiger partial charge in [0, 0.05) is 25.9 Å². The lowest BCUT2D eigenvalue weighted by atomic mass is 10.1. The van der Waals surface area contributed by atoms with E-state index < -0.39 is 0 Å². The van der Waals surface area contributed by atoms with Gasteiger partial charge < -0.3 is 19.7 Å². The Bertz CT molecular complexity index is 490. The molecular formula is C16H23ClN2O3. The normalized spacial score (nSPS) is 14.9. The Labute approximate surface area is 136 Å². The second-order valence-corrected chi connectivity index (χ2v) is 5.71. The topological polar surface area (TPSA) is 50.8 Å². The summed E-state index contributed by atoms with van der Waals surface area (Å²) in [6.07, 6.45) is 3.69. The molecular weight excluding hydrogens is 304 g/mol. The first-order chi connectivity index (χ1) is 10.7. The van der Waals surface area contributed by atoms with Crippen molar-refractivity contribution < 1.29 is 14.3 Å². The average molecular weight is 327 g/mol. The highest BCUT2D eigenvalue weighted by Crippen LogP contribution is 2.30. The van der Waals surface area contributed by atoms with Crippen LogP contribution in [-0.2, 0) is 14.3 Å². The maximum Gasteiger partial charge on any atom is 0.250 e. The number of amides is 1. The van der Waals surface area contributed by atoms with Crippen molar-refractivity contribution in [2.75, 3.05) is 50.2 Å². The van der Waals surface area contributed by atoms with Gasteiger partial charge >= 0.3 is 0 Å². The van der Waals surface area contributed by atoms with Crippen molar-refractivity contribution in [2.24, 2.45) is 0 Å². The quantitative estimate of drug-likeness (QED) is 0.783. The van der Waals surface area contributed by atoms with Crippen molar-refractivity contribution in [1.82, 2.24) is 0 Å². The van der Waals surface area contributed by atoms with Crippen molar-refractivity contribution in [3.8, 4) is 0 Å². The lowest BCUT2D eigenvalue weighted by molar-refractivity contribution is -0.121. The van der Waals surface area contributed by atoms with Crippen molar-refractivity contribution >= 4 is 28.9 Å². The molecule has 5 nitrogen and oxygen atoms in total. The van der Waals surface area contributed by atoms with E-state index in [0.717, 1.165) is 18.8 Å². The average Bonchev–Trinajstić information content (AvgIpc) is 2.52. The number of nitrogens with zero attached hydrogens (tertiary/aromatic N) is 1. The number of piperidine rings is 1. The molecule has 1 aliphatic heterocycles. The smallest absolute Gasteiger partial charge is 0.250 e. The molecule has 1 aliphatic rings. The molecule has 1 heterocycles. The number of carbonyl (C=O) groups excluding carboxylic acids is 1. The summed E-state index contributed by atoms with van der Waals surface area (Å²) >= 11 is 6.35. The molecule has 1 aromatic carbocycles. The number of anilines is 2. The van der Waals surface area contributed by atoms with Gasteiger partial charge in [0.2, 0.25) is 5.91 Å². The van der Waals surface area contributed by atoms with Gasteiger partial charge in [-0.3, -0.25) is 4.79 Å². The Morgan fingerprint density at radius 1 is 1.27 bits per heavy atom. The van der Waals surface area contributed by atoms with Crippen LogP contribution >= 0.6 is 11.6 Å². The zero-order valence-electron chi connectivity index (χ0n) is 12.9. The Balaban J connectivity index is 1.87. The largest absolute Gasteiger partial charge is 0.382 e. The predicted octanol–water partition coefficient (Wildman–Crippen LogP) is 2.93. The molecule has 0 radical (unpaired) electrons. The lowest BCUT2D eigenvalue weighted by Gasteiger charge is -2.29. The molecule has 1 aromatic rings. The van der Waals surface area contributed by atoms with E-state index in [4.69, 9.17) is 21.1 Å². The summed E-state index contributed by atoms with van der Waals surface area (Å²) in [5, 5.41) is 3.45. The Morgan fingerprint density at radius 2 is 2.05 bits per heavy atom. The van der Waals surface area contributed by atoms with E-state index in [1.165, 1.54) is 19.3 Å². The molecule has 1 amide bonds. The summed E-state index contributed by atoms with van der Waals surface area (Å²) in [5.74, 6) is -0.196. The van der Waals surface area contributed by atoms with Gasteiger partial charge in [0.05, 0.1) is 23.9 Å². The van der Waals surface area contributed by atoms with Gasteiger partial charge in [0.15, 0.2) is 0 Å². The number of hydrogen-bond acceptors (Lipinski definition) is 4. The van der Waals surface area contributed by atoms with Crippen LogP contribution in [0.4, 0.5) is 11.4 Å². The third-order valence-electron chi connectivity index (χ3n) is 3.59. The van der Waals surface area contributed by atoms with Crippen molar-refractivity contribution in [3.05, 3.63) is 23.2 Å². The van der Waals surface area contributed by atoms with Gasteiger partial charge in [-0.2, -0.15) is 0 Å².